The molecule has 2 atom stereocenters. The molecule has 1 saturated heterocycles. The minimum atomic E-state index is 0.0519. The van der Waals surface area contributed by atoms with Crippen LogP contribution in [0.1, 0.15) is 44.6 Å². The Morgan fingerprint density at radius 1 is 1.27 bits per heavy atom. The SMILES string of the molecule is CCCC1CC1C(=O)Nc1cc(-c2ccc(OC3CCOCC3)c(C#N)c2)ccn1. The number of rotatable bonds is 7. The lowest BCUT2D eigenvalue weighted by molar-refractivity contribution is -0.117. The van der Waals surface area contributed by atoms with E-state index in [1.807, 2.05) is 30.3 Å². The topological polar surface area (TPSA) is 84.2 Å². The van der Waals surface area contributed by atoms with Gasteiger partial charge in [-0.3, -0.25) is 4.79 Å². The van der Waals surface area contributed by atoms with Crippen LogP contribution in [0.15, 0.2) is 36.5 Å². The maximum absolute atomic E-state index is 12.4. The van der Waals surface area contributed by atoms with Gasteiger partial charge >= 0.3 is 0 Å². The van der Waals surface area contributed by atoms with Crippen LogP contribution in [0.25, 0.3) is 11.1 Å². The van der Waals surface area contributed by atoms with Crippen LogP contribution < -0.4 is 10.1 Å². The van der Waals surface area contributed by atoms with Gasteiger partial charge in [0.25, 0.3) is 0 Å². The second kappa shape index (κ2) is 9.27. The van der Waals surface area contributed by atoms with E-state index in [-0.39, 0.29) is 17.9 Å². The summed E-state index contributed by atoms with van der Waals surface area (Å²) in [4.78, 5) is 16.7. The largest absolute Gasteiger partial charge is 0.489 e. The van der Waals surface area contributed by atoms with Crippen LogP contribution in [0.3, 0.4) is 0 Å². The normalized spacial score (nSPS) is 20.9. The zero-order chi connectivity index (χ0) is 20.9. The van der Waals surface area contributed by atoms with E-state index in [1.165, 1.54) is 0 Å². The fraction of sp³-hybridized carbons (Fsp3) is 0.458. The molecule has 0 bridgehead atoms. The van der Waals surface area contributed by atoms with E-state index in [4.69, 9.17) is 9.47 Å². The monoisotopic (exact) mass is 405 g/mol. The molecule has 0 radical (unpaired) electrons. The fourth-order valence-electron chi connectivity index (χ4n) is 4.03. The predicted octanol–water partition coefficient (Wildman–Crippen LogP) is 4.55. The second-order valence-corrected chi connectivity index (χ2v) is 8.06. The summed E-state index contributed by atoms with van der Waals surface area (Å²) < 4.78 is 11.4. The fourth-order valence-corrected chi connectivity index (χ4v) is 4.03. The molecule has 6 nitrogen and oxygen atoms in total. The van der Waals surface area contributed by atoms with Crippen LogP contribution in [0, 0.1) is 23.2 Å². The smallest absolute Gasteiger partial charge is 0.228 e. The first-order chi connectivity index (χ1) is 14.7. The molecule has 1 aromatic carbocycles. The van der Waals surface area contributed by atoms with Crippen molar-refractivity contribution in [2.75, 3.05) is 18.5 Å². The van der Waals surface area contributed by atoms with Gasteiger partial charge in [0.1, 0.15) is 23.7 Å². The van der Waals surface area contributed by atoms with E-state index < -0.39 is 0 Å². The third-order valence-electron chi connectivity index (χ3n) is 5.83. The number of aromatic nitrogens is 1. The summed E-state index contributed by atoms with van der Waals surface area (Å²) >= 11 is 0. The van der Waals surface area contributed by atoms with Crippen molar-refractivity contribution >= 4 is 11.7 Å². The molecule has 2 heterocycles. The quantitative estimate of drug-likeness (QED) is 0.730. The van der Waals surface area contributed by atoms with Gasteiger partial charge in [-0.1, -0.05) is 19.4 Å². The molecule has 30 heavy (non-hydrogen) atoms. The molecule has 1 amide bonds. The minimum absolute atomic E-state index is 0.0519. The summed E-state index contributed by atoms with van der Waals surface area (Å²) in [7, 11) is 0. The number of carbonyl (C=O) groups is 1. The highest BCUT2D eigenvalue weighted by Crippen LogP contribution is 2.42. The molecule has 156 valence electrons. The Labute approximate surface area is 177 Å². The van der Waals surface area contributed by atoms with Gasteiger partial charge in [-0.05, 0) is 54.2 Å². The van der Waals surface area contributed by atoms with Crippen LogP contribution in [0.5, 0.6) is 5.75 Å². The summed E-state index contributed by atoms with van der Waals surface area (Å²) in [6.07, 6.45) is 6.61. The Morgan fingerprint density at radius 3 is 2.83 bits per heavy atom. The molecule has 6 heteroatoms. The lowest BCUT2D eigenvalue weighted by Crippen LogP contribution is -2.26. The van der Waals surface area contributed by atoms with Crippen molar-refractivity contribution < 1.29 is 14.3 Å². The molecular weight excluding hydrogens is 378 g/mol. The van der Waals surface area contributed by atoms with Gasteiger partial charge in [-0.25, -0.2) is 4.98 Å². The number of nitrogens with one attached hydrogen (secondary N) is 1. The van der Waals surface area contributed by atoms with Crippen molar-refractivity contribution in [1.29, 1.82) is 5.26 Å². The number of pyridine rings is 1. The number of nitrogens with zero attached hydrogens (tertiary/aromatic N) is 2. The Kier molecular flexibility index (Phi) is 6.29. The molecule has 1 N–H and O–H groups in total. The van der Waals surface area contributed by atoms with E-state index in [0.717, 1.165) is 43.2 Å². The van der Waals surface area contributed by atoms with Gasteiger partial charge < -0.3 is 14.8 Å². The molecule has 1 aliphatic heterocycles. The highest BCUT2D eigenvalue weighted by molar-refractivity contribution is 5.94. The number of hydrogen-bond donors (Lipinski definition) is 1. The van der Waals surface area contributed by atoms with Crippen molar-refractivity contribution in [3.05, 3.63) is 42.1 Å². The van der Waals surface area contributed by atoms with E-state index >= 15 is 0 Å². The molecule has 2 fully saturated rings. The average molecular weight is 405 g/mol. The lowest BCUT2D eigenvalue weighted by atomic mass is 10.0. The second-order valence-electron chi connectivity index (χ2n) is 8.06. The number of nitriles is 1. The molecule has 0 spiro atoms. The Hall–Kier alpha value is -2.91. The summed E-state index contributed by atoms with van der Waals surface area (Å²) in [6.45, 7) is 3.53. The van der Waals surface area contributed by atoms with Crippen LogP contribution in [-0.4, -0.2) is 30.2 Å². The lowest BCUT2D eigenvalue weighted by Gasteiger charge is -2.23. The van der Waals surface area contributed by atoms with E-state index in [9.17, 15) is 10.1 Å². The number of hydrogen-bond acceptors (Lipinski definition) is 5. The third kappa shape index (κ3) is 4.80. The Bertz CT molecular complexity index is 947. The van der Waals surface area contributed by atoms with Crippen molar-refractivity contribution in [3.63, 3.8) is 0 Å². The van der Waals surface area contributed by atoms with E-state index in [0.29, 0.717) is 36.3 Å². The standard InChI is InChI=1S/C24H27N3O3/c1-2-3-18-13-21(18)24(28)27-23-14-17(6-9-26-23)16-4-5-22(19(12-16)15-25)30-20-7-10-29-11-8-20/h4-6,9,12,14,18,20-21H,2-3,7-8,10-11,13H2,1H3,(H,26,27,28). The predicted molar refractivity (Wildman–Crippen MR) is 114 cm³/mol. The minimum Gasteiger partial charge on any atom is -0.489 e. The van der Waals surface area contributed by atoms with Crippen molar-refractivity contribution in [1.82, 2.24) is 4.98 Å². The molecule has 4 rings (SSSR count). The van der Waals surface area contributed by atoms with Gasteiger partial charge in [0.15, 0.2) is 0 Å². The van der Waals surface area contributed by atoms with Gasteiger partial charge in [-0.15, -0.1) is 0 Å². The summed E-state index contributed by atoms with van der Waals surface area (Å²) in [5, 5.41) is 12.6. The summed E-state index contributed by atoms with van der Waals surface area (Å²) in [5.74, 6) is 1.82. The van der Waals surface area contributed by atoms with Gasteiger partial charge in [0.2, 0.25) is 5.91 Å². The average Bonchev–Trinajstić information content (AvgIpc) is 3.55. The van der Waals surface area contributed by atoms with Crippen LogP contribution in [0.4, 0.5) is 5.82 Å². The van der Waals surface area contributed by atoms with Crippen LogP contribution in [0.2, 0.25) is 0 Å². The first kappa shape index (κ1) is 20.4. The Balaban J connectivity index is 1.46. The number of benzene rings is 1. The first-order valence-corrected chi connectivity index (χ1v) is 10.7. The zero-order valence-corrected chi connectivity index (χ0v) is 17.3. The van der Waals surface area contributed by atoms with E-state index in [1.54, 1.807) is 6.20 Å². The summed E-state index contributed by atoms with van der Waals surface area (Å²) in [6, 6.07) is 11.6. The van der Waals surface area contributed by atoms with Crippen molar-refractivity contribution in [2.24, 2.45) is 11.8 Å². The molecule has 1 aliphatic carbocycles. The molecule has 1 saturated carbocycles. The maximum Gasteiger partial charge on any atom is 0.228 e. The van der Waals surface area contributed by atoms with Crippen molar-refractivity contribution in [3.8, 4) is 22.9 Å². The highest BCUT2D eigenvalue weighted by Gasteiger charge is 2.41. The van der Waals surface area contributed by atoms with E-state index in [2.05, 4.69) is 23.3 Å². The molecular formula is C24H27N3O3. The molecule has 2 unspecified atom stereocenters. The number of ether oxygens (including phenoxy) is 2. The maximum atomic E-state index is 12.4. The van der Waals surface area contributed by atoms with Gasteiger partial charge in [0.05, 0.1) is 18.8 Å². The summed E-state index contributed by atoms with van der Waals surface area (Å²) in [5.41, 5.74) is 2.29. The van der Waals surface area contributed by atoms with Gasteiger partial charge in [0, 0.05) is 25.0 Å². The molecule has 2 aromatic rings. The van der Waals surface area contributed by atoms with Gasteiger partial charge in [-0.2, -0.15) is 5.26 Å². The molecule has 2 aliphatic rings. The zero-order valence-electron chi connectivity index (χ0n) is 17.3. The highest BCUT2D eigenvalue weighted by atomic mass is 16.5. The van der Waals surface area contributed by atoms with Crippen molar-refractivity contribution in [2.45, 2.75) is 45.1 Å². The first-order valence-electron chi connectivity index (χ1n) is 10.7. The number of amides is 1. The van der Waals surface area contributed by atoms with Crippen LogP contribution >= 0.6 is 0 Å². The molecule has 1 aromatic heterocycles. The number of anilines is 1. The third-order valence-corrected chi connectivity index (χ3v) is 5.83. The number of carbonyl (C=O) groups excluding carboxylic acids is 1. The Morgan fingerprint density at radius 2 is 2.07 bits per heavy atom. The van der Waals surface area contributed by atoms with Crippen LogP contribution in [-0.2, 0) is 9.53 Å².